The Balaban J connectivity index is 1.58. The molecule has 0 radical (unpaired) electrons. The molecule has 120 valence electrons. The van der Waals surface area contributed by atoms with Crippen molar-refractivity contribution in [3.63, 3.8) is 0 Å². The lowest BCUT2D eigenvalue weighted by Crippen LogP contribution is -2.16. The monoisotopic (exact) mass is 315 g/mol. The van der Waals surface area contributed by atoms with E-state index in [1.807, 2.05) is 42.6 Å². The van der Waals surface area contributed by atoms with Crippen LogP contribution in [0.4, 0.5) is 11.4 Å². The zero-order valence-corrected chi connectivity index (χ0v) is 13.8. The minimum atomic E-state index is 0.893. The van der Waals surface area contributed by atoms with Gasteiger partial charge in [0.05, 0.1) is 11.9 Å². The van der Waals surface area contributed by atoms with Gasteiger partial charge in [0.2, 0.25) is 0 Å². The minimum Gasteiger partial charge on any atom is -0.370 e. The third kappa shape index (κ3) is 4.46. The smallest absolute Gasteiger partial charge is 0.0561 e. The quantitative estimate of drug-likeness (QED) is 0.524. The van der Waals surface area contributed by atoms with Crippen LogP contribution in [-0.2, 0) is 6.54 Å². The molecule has 3 aromatic rings. The molecule has 0 unspecified atom stereocenters. The van der Waals surface area contributed by atoms with Gasteiger partial charge in [0.25, 0.3) is 0 Å². The van der Waals surface area contributed by atoms with Gasteiger partial charge in [-0.1, -0.05) is 60.7 Å². The number of hydrogen-bond acceptors (Lipinski definition) is 3. The molecule has 0 aromatic heterocycles. The maximum atomic E-state index is 4.27. The van der Waals surface area contributed by atoms with E-state index in [9.17, 15) is 0 Å². The van der Waals surface area contributed by atoms with Crippen molar-refractivity contribution in [1.82, 2.24) is 0 Å². The van der Waals surface area contributed by atoms with Crippen LogP contribution in [0.2, 0.25) is 0 Å². The number of hydrogen-bond donors (Lipinski definition) is 1. The Morgan fingerprint density at radius 1 is 0.833 bits per heavy atom. The summed E-state index contributed by atoms with van der Waals surface area (Å²) in [6, 6.07) is 28.8. The minimum absolute atomic E-state index is 0.893. The van der Waals surface area contributed by atoms with Crippen molar-refractivity contribution < 1.29 is 0 Å². The Morgan fingerprint density at radius 2 is 1.46 bits per heavy atom. The molecule has 24 heavy (non-hydrogen) atoms. The van der Waals surface area contributed by atoms with Crippen LogP contribution in [0, 0.1) is 0 Å². The lowest BCUT2D eigenvalue weighted by molar-refractivity contribution is 0.923. The van der Waals surface area contributed by atoms with Crippen molar-refractivity contribution in [3.8, 4) is 0 Å². The molecular weight excluding hydrogens is 294 g/mol. The molecule has 0 fully saturated rings. The molecule has 0 atom stereocenters. The second kappa shape index (κ2) is 7.97. The molecule has 0 saturated carbocycles. The molecular formula is C21H21N3. The highest BCUT2D eigenvalue weighted by Gasteiger charge is 2.01. The van der Waals surface area contributed by atoms with E-state index >= 15 is 0 Å². The van der Waals surface area contributed by atoms with E-state index in [4.69, 9.17) is 0 Å². The van der Waals surface area contributed by atoms with E-state index in [-0.39, 0.29) is 0 Å². The highest BCUT2D eigenvalue weighted by atomic mass is 15.3. The Morgan fingerprint density at radius 3 is 2.12 bits per heavy atom. The van der Waals surface area contributed by atoms with Crippen molar-refractivity contribution >= 4 is 17.6 Å². The average molecular weight is 315 g/mol. The normalized spacial score (nSPS) is 10.7. The molecule has 1 N–H and O–H groups in total. The van der Waals surface area contributed by atoms with Gasteiger partial charge in [-0.3, -0.25) is 5.43 Å². The molecule has 0 amide bonds. The highest BCUT2D eigenvalue weighted by molar-refractivity contribution is 5.81. The number of anilines is 2. The Kier molecular flexibility index (Phi) is 5.25. The van der Waals surface area contributed by atoms with Crippen molar-refractivity contribution in [2.24, 2.45) is 5.10 Å². The van der Waals surface area contributed by atoms with Gasteiger partial charge in [0.1, 0.15) is 0 Å². The maximum Gasteiger partial charge on any atom is 0.0561 e. The lowest BCUT2D eigenvalue weighted by Gasteiger charge is -2.19. The van der Waals surface area contributed by atoms with Crippen LogP contribution < -0.4 is 10.3 Å². The van der Waals surface area contributed by atoms with Crippen LogP contribution in [0.5, 0.6) is 0 Å². The fraction of sp³-hybridized carbons (Fsp3) is 0.0952. The molecule has 3 aromatic carbocycles. The largest absolute Gasteiger partial charge is 0.370 e. The van der Waals surface area contributed by atoms with E-state index in [2.05, 4.69) is 71.0 Å². The van der Waals surface area contributed by atoms with Gasteiger partial charge in [-0.05, 0) is 35.4 Å². The predicted molar refractivity (Wildman–Crippen MR) is 103 cm³/mol. The maximum absolute atomic E-state index is 4.27. The van der Waals surface area contributed by atoms with Crippen LogP contribution in [0.15, 0.2) is 90.0 Å². The van der Waals surface area contributed by atoms with E-state index in [1.54, 1.807) is 0 Å². The van der Waals surface area contributed by atoms with Crippen LogP contribution in [0.3, 0.4) is 0 Å². The number of para-hydroxylation sites is 1. The number of hydrazone groups is 1. The third-order valence-corrected chi connectivity index (χ3v) is 3.78. The Labute approximate surface area is 143 Å². The second-order valence-electron chi connectivity index (χ2n) is 5.67. The summed E-state index contributed by atoms with van der Waals surface area (Å²) >= 11 is 0. The van der Waals surface area contributed by atoms with Crippen LogP contribution in [0.1, 0.15) is 11.1 Å². The predicted octanol–water partition coefficient (Wildman–Crippen LogP) is 4.77. The van der Waals surface area contributed by atoms with Gasteiger partial charge < -0.3 is 4.90 Å². The van der Waals surface area contributed by atoms with Gasteiger partial charge in [0.15, 0.2) is 0 Å². The first kappa shape index (κ1) is 15.8. The van der Waals surface area contributed by atoms with E-state index in [0.717, 1.165) is 17.8 Å². The molecule has 0 heterocycles. The summed E-state index contributed by atoms with van der Waals surface area (Å²) in [7, 11) is 2.10. The summed E-state index contributed by atoms with van der Waals surface area (Å²) in [5.74, 6) is 0. The molecule has 0 aliphatic carbocycles. The topological polar surface area (TPSA) is 27.6 Å². The number of nitrogens with one attached hydrogen (secondary N) is 1. The highest BCUT2D eigenvalue weighted by Crippen LogP contribution is 2.16. The summed E-state index contributed by atoms with van der Waals surface area (Å²) in [5.41, 5.74) is 7.56. The first-order valence-corrected chi connectivity index (χ1v) is 8.00. The molecule has 0 bridgehead atoms. The fourth-order valence-corrected chi connectivity index (χ4v) is 2.46. The van der Waals surface area contributed by atoms with Crippen molar-refractivity contribution in [2.75, 3.05) is 17.4 Å². The zero-order chi connectivity index (χ0) is 16.6. The van der Waals surface area contributed by atoms with E-state index < -0.39 is 0 Å². The SMILES string of the molecule is CN(Cc1ccccc1)c1ccc(C=NNc2ccccc2)cc1. The van der Waals surface area contributed by atoms with Crippen molar-refractivity contribution in [2.45, 2.75) is 6.54 Å². The van der Waals surface area contributed by atoms with Gasteiger partial charge in [-0.2, -0.15) is 5.10 Å². The van der Waals surface area contributed by atoms with E-state index in [0.29, 0.717) is 0 Å². The lowest BCUT2D eigenvalue weighted by atomic mass is 10.2. The second-order valence-corrected chi connectivity index (χ2v) is 5.67. The van der Waals surface area contributed by atoms with Crippen LogP contribution in [-0.4, -0.2) is 13.3 Å². The zero-order valence-electron chi connectivity index (χ0n) is 13.8. The van der Waals surface area contributed by atoms with Crippen molar-refractivity contribution in [1.29, 1.82) is 0 Å². The first-order chi connectivity index (χ1) is 11.8. The first-order valence-electron chi connectivity index (χ1n) is 8.00. The van der Waals surface area contributed by atoms with Crippen LogP contribution >= 0.6 is 0 Å². The average Bonchev–Trinajstić information content (AvgIpc) is 2.64. The molecule has 0 aliphatic rings. The Hall–Kier alpha value is -3.07. The Bertz CT molecular complexity index is 765. The third-order valence-electron chi connectivity index (χ3n) is 3.78. The van der Waals surface area contributed by atoms with Gasteiger partial charge >= 0.3 is 0 Å². The van der Waals surface area contributed by atoms with Gasteiger partial charge in [-0.15, -0.1) is 0 Å². The molecule has 3 rings (SSSR count). The number of nitrogens with zero attached hydrogens (tertiary/aromatic N) is 2. The van der Waals surface area contributed by atoms with Gasteiger partial charge in [0, 0.05) is 19.3 Å². The fourth-order valence-electron chi connectivity index (χ4n) is 2.46. The summed E-state index contributed by atoms with van der Waals surface area (Å²) in [5, 5.41) is 4.27. The molecule has 0 saturated heterocycles. The standard InChI is InChI=1S/C21H21N3/c1-24(17-19-8-4-2-5-9-19)21-14-12-18(13-15-21)16-22-23-20-10-6-3-7-11-20/h2-16,23H,17H2,1H3. The summed E-state index contributed by atoms with van der Waals surface area (Å²) in [6.45, 7) is 0.893. The van der Waals surface area contributed by atoms with Crippen molar-refractivity contribution in [3.05, 3.63) is 96.1 Å². The molecule has 0 spiro atoms. The van der Waals surface area contributed by atoms with Crippen LogP contribution in [0.25, 0.3) is 0 Å². The molecule has 3 nitrogen and oxygen atoms in total. The summed E-state index contributed by atoms with van der Waals surface area (Å²) < 4.78 is 0. The van der Waals surface area contributed by atoms with E-state index in [1.165, 1.54) is 11.3 Å². The summed E-state index contributed by atoms with van der Waals surface area (Å²) in [6.07, 6.45) is 1.83. The molecule has 0 aliphatic heterocycles. The number of rotatable bonds is 6. The number of benzene rings is 3. The molecule has 3 heteroatoms. The van der Waals surface area contributed by atoms with Gasteiger partial charge in [-0.25, -0.2) is 0 Å². The summed E-state index contributed by atoms with van der Waals surface area (Å²) in [4.78, 5) is 2.23.